The van der Waals surface area contributed by atoms with E-state index >= 15 is 0 Å². The number of nitrogens with zero attached hydrogens (tertiary/aromatic N) is 1. The molecule has 0 heterocycles. The van der Waals surface area contributed by atoms with Crippen LogP contribution in [-0.2, 0) is 0 Å². The Labute approximate surface area is 87.3 Å². The van der Waals surface area contributed by atoms with E-state index in [9.17, 15) is 0 Å². The molecule has 0 aliphatic heterocycles. The molecule has 3 nitrogen and oxygen atoms in total. The molecule has 0 bridgehead atoms. The molecule has 1 aliphatic rings. The van der Waals surface area contributed by atoms with Gasteiger partial charge < -0.3 is 10.8 Å². The van der Waals surface area contributed by atoms with Gasteiger partial charge in [-0.05, 0) is 39.5 Å². The summed E-state index contributed by atoms with van der Waals surface area (Å²) in [6.07, 6.45) is 2.73. The third-order valence-electron chi connectivity index (χ3n) is 2.85. The van der Waals surface area contributed by atoms with Crippen LogP contribution in [0.1, 0.15) is 33.6 Å². The fourth-order valence-electron chi connectivity index (χ4n) is 1.60. The van der Waals surface area contributed by atoms with Crippen molar-refractivity contribution in [3.05, 3.63) is 0 Å². The summed E-state index contributed by atoms with van der Waals surface area (Å²) in [5.74, 6) is 0.881. The van der Waals surface area contributed by atoms with Crippen molar-refractivity contribution >= 4 is 0 Å². The third kappa shape index (κ3) is 3.95. The van der Waals surface area contributed by atoms with Crippen LogP contribution in [0.3, 0.4) is 0 Å². The topological polar surface area (TPSA) is 49.5 Å². The van der Waals surface area contributed by atoms with E-state index in [1.165, 1.54) is 12.8 Å². The van der Waals surface area contributed by atoms with Crippen molar-refractivity contribution in [2.45, 2.75) is 45.2 Å². The van der Waals surface area contributed by atoms with Crippen molar-refractivity contribution in [1.82, 2.24) is 4.90 Å². The molecule has 0 amide bonds. The Bertz CT molecular complexity index is 176. The highest BCUT2D eigenvalue weighted by Gasteiger charge is 2.29. The lowest BCUT2D eigenvalue weighted by Gasteiger charge is -2.34. The average Bonchev–Trinajstić information content (AvgIpc) is 2.86. The summed E-state index contributed by atoms with van der Waals surface area (Å²) in [4.78, 5) is 2.38. The van der Waals surface area contributed by atoms with Gasteiger partial charge in [0.1, 0.15) is 0 Å². The lowest BCUT2D eigenvalue weighted by molar-refractivity contribution is 0.123. The Kier molecular flexibility index (Phi) is 3.93. The Hall–Kier alpha value is -0.120. The molecular weight excluding hydrogens is 176 g/mol. The first-order valence-electron chi connectivity index (χ1n) is 5.58. The maximum absolute atomic E-state index is 9.12. The van der Waals surface area contributed by atoms with Crippen LogP contribution in [0.25, 0.3) is 0 Å². The monoisotopic (exact) mass is 200 g/mol. The van der Waals surface area contributed by atoms with Gasteiger partial charge in [-0.2, -0.15) is 0 Å². The number of rotatable bonds is 6. The molecule has 0 aromatic rings. The largest absolute Gasteiger partial charge is 0.394 e. The average molecular weight is 200 g/mol. The molecule has 84 valence electrons. The molecular formula is C11H24N2O. The van der Waals surface area contributed by atoms with Crippen LogP contribution in [0.2, 0.25) is 0 Å². The first kappa shape index (κ1) is 12.0. The summed E-state index contributed by atoms with van der Waals surface area (Å²) in [5, 5.41) is 9.12. The smallest absolute Gasteiger partial charge is 0.0621 e. The van der Waals surface area contributed by atoms with Crippen LogP contribution in [-0.4, -0.2) is 41.3 Å². The molecule has 1 aliphatic carbocycles. The summed E-state index contributed by atoms with van der Waals surface area (Å²) in [6.45, 7) is 8.28. The van der Waals surface area contributed by atoms with E-state index in [4.69, 9.17) is 10.8 Å². The molecule has 0 aromatic heterocycles. The Morgan fingerprint density at radius 1 is 1.50 bits per heavy atom. The number of nitrogens with two attached hydrogens (primary N) is 1. The van der Waals surface area contributed by atoms with Gasteiger partial charge in [0.15, 0.2) is 0 Å². The predicted molar refractivity (Wildman–Crippen MR) is 59.1 cm³/mol. The maximum atomic E-state index is 9.12. The zero-order chi connectivity index (χ0) is 10.8. The van der Waals surface area contributed by atoms with Gasteiger partial charge in [0.05, 0.1) is 6.61 Å². The van der Waals surface area contributed by atoms with Gasteiger partial charge in [-0.1, -0.05) is 0 Å². The van der Waals surface area contributed by atoms with Crippen LogP contribution in [0.4, 0.5) is 0 Å². The van der Waals surface area contributed by atoms with E-state index in [0.29, 0.717) is 6.04 Å². The van der Waals surface area contributed by atoms with Gasteiger partial charge in [0.25, 0.3) is 0 Å². The van der Waals surface area contributed by atoms with Gasteiger partial charge in [-0.15, -0.1) is 0 Å². The van der Waals surface area contributed by atoms with Gasteiger partial charge in [-0.25, -0.2) is 0 Å². The zero-order valence-electron chi connectivity index (χ0n) is 9.66. The third-order valence-corrected chi connectivity index (χ3v) is 2.85. The number of aliphatic hydroxyl groups excluding tert-OH is 1. The normalized spacial score (nSPS) is 21.6. The van der Waals surface area contributed by atoms with Crippen molar-refractivity contribution in [2.75, 3.05) is 19.7 Å². The van der Waals surface area contributed by atoms with Crippen molar-refractivity contribution in [2.24, 2.45) is 11.7 Å². The van der Waals surface area contributed by atoms with E-state index in [-0.39, 0.29) is 6.61 Å². The first-order chi connectivity index (χ1) is 6.44. The van der Waals surface area contributed by atoms with E-state index in [1.54, 1.807) is 0 Å². The maximum Gasteiger partial charge on any atom is 0.0621 e. The molecule has 3 N–H and O–H groups in total. The van der Waals surface area contributed by atoms with E-state index in [1.807, 2.05) is 6.92 Å². The number of hydrogen-bond donors (Lipinski definition) is 2. The summed E-state index contributed by atoms with van der Waals surface area (Å²) in [6, 6.07) is 0.519. The van der Waals surface area contributed by atoms with E-state index in [0.717, 1.165) is 19.0 Å². The van der Waals surface area contributed by atoms with Crippen LogP contribution in [0.15, 0.2) is 0 Å². The molecule has 0 saturated heterocycles. The van der Waals surface area contributed by atoms with Gasteiger partial charge in [0.2, 0.25) is 0 Å². The second-order valence-corrected chi connectivity index (χ2v) is 5.28. The van der Waals surface area contributed by atoms with Crippen LogP contribution >= 0.6 is 0 Å². The highest BCUT2D eigenvalue weighted by molar-refractivity contribution is 4.86. The molecule has 1 saturated carbocycles. The van der Waals surface area contributed by atoms with Gasteiger partial charge >= 0.3 is 0 Å². The van der Waals surface area contributed by atoms with Crippen LogP contribution < -0.4 is 5.73 Å². The van der Waals surface area contributed by atoms with Crippen molar-refractivity contribution in [1.29, 1.82) is 0 Å². The molecule has 1 fully saturated rings. The van der Waals surface area contributed by atoms with Crippen LogP contribution in [0, 0.1) is 5.92 Å². The predicted octanol–water partition coefficient (Wildman–Crippen LogP) is 0.817. The SMILES string of the molecule is CC(C)N(CC1CC1)CC(C)(N)CO. The molecule has 0 spiro atoms. The lowest BCUT2D eigenvalue weighted by atomic mass is 10.0. The summed E-state index contributed by atoms with van der Waals surface area (Å²) in [5.41, 5.74) is 5.50. The fraction of sp³-hybridized carbons (Fsp3) is 1.00. The minimum atomic E-state index is -0.459. The zero-order valence-corrected chi connectivity index (χ0v) is 9.66. The first-order valence-corrected chi connectivity index (χ1v) is 5.58. The number of hydrogen-bond acceptors (Lipinski definition) is 3. The lowest BCUT2D eigenvalue weighted by Crippen LogP contribution is -2.52. The van der Waals surface area contributed by atoms with E-state index < -0.39 is 5.54 Å². The molecule has 0 radical (unpaired) electrons. The molecule has 3 heteroatoms. The van der Waals surface area contributed by atoms with Gasteiger partial charge in [-0.3, -0.25) is 4.90 Å². The summed E-state index contributed by atoms with van der Waals surface area (Å²) < 4.78 is 0. The van der Waals surface area contributed by atoms with Gasteiger partial charge in [0, 0.05) is 24.7 Å². The van der Waals surface area contributed by atoms with Crippen molar-refractivity contribution in [3.63, 3.8) is 0 Å². The van der Waals surface area contributed by atoms with Crippen LogP contribution in [0.5, 0.6) is 0 Å². The summed E-state index contributed by atoms with van der Waals surface area (Å²) in [7, 11) is 0. The second kappa shape index (κ2) is 4.60. The molecule has 1 atom stereocenters. The Balaban J connectivity index is 2.41. The molecule has 0 aromatic carbocycles. The van der Waals surface area contributed by atoms with E-state index in [2.05, 4.69) is 18.7 Å². The van der Waals surface area contributed by atoms with Crippen molar-refractivity contribution < 1.29 is 5.11 Å². The quantitative estimate of drug-likeness (QED) is 0.667. The summed E-state index contributed by atoms with van der Waals surface area (Å²) >= 11 is 0. The standard InChI is InChI=1S/C11H24N2O/c1-9(2)13(6-10-4-5-10)7-11(3,12)8-14/h9-10,14H,4-8,12H2,1-3H3. The molecule has 1 unspecified atom stereocenters. The van der Waals surface area contributed by atoms with Crippen molar-refractivity contribution in [3.8, 4) is 0 Å². The molecule has 14 heavy (non-hydrogen) atoms. The minimum absolute atomic E-state index is 0.0564. The Morgan fingerprint density at radius 3 is 2.43 bits per heavy atom. The highest BCUT2D eigenvalue weighted by Crippen LogP contribution is 2.30. The minimum Gasteiger partial charge on any atom is -0.394 e. The Morgan fingerprint density at radius 2 is 2.07 bits per heavy atom. The fourth-order valence-corrected chi connectivity index (χ4v) is 1.60. The highest BCUT2D eigenvalue weighted by atomic mass is 16.3. The number of aliphatic hydroxyl groups is 1. The second-order valence-electron chi connectivity index (χ2n) is 5.28. The molecule has 1 rings (SSSR count).